The number of rotatable bonds is 6. The Labute approximate surface area is 115 Å². The number of ether oxygens (including phenoxy) is 1. The van der Waals surface area contributed by atoms with Crippen LogP contribution in [0.15, 0.2) is 24.3 Å². The summed E-state index contributed by atoms with van der Waals surface area (Å²) in [5, 5.41) is 8.85. The van der Waals surface area contributed by atoms with Crippen LogP contribution in [0.1, 0.15) is 5.56 Å². The number of aliphatic hydroxyl groups is 1. The summed E-state index contributed by atoms with van der Waals surface area (Å²) in [5.41, 5.74) is 1.15. The molecular weight excluding hydrogens is 240 g/mol. The number of hydrogen-bond donors (Lipinski definition) is 1. The van der Waals surface area contributed by atoms with Gasteiger partial charge in [0.05, 0.1) is 0 Å². The van der Waals surface area contributed by atoms with Crippen molar-refractivity contribution in [1.29, 1.82) is 0 Å². The number of piperazine rings is 1. The molecule has 1 aromatic rings. The first-order valence-electron chi connectivity index (χ1n) is 7.01. The smallest absolute Gasteiger partial charge is 0.119 e. The van der Waals surface area contributed by atoms with Gasteiger partial charge in [0.2, 0.25) is 0 Å². The Morgan fingerprint density at radius 1 is 1.11 bits per heavy atom. The molecule has 0 bridgehead atoms. The van der Waals surface area contributed by atoms with Gasteiger partial charge in [-0.15, -0.1) is 0 Å². The zero-order valence-corrected chi connectivity index (χ0v) is 11.7. The van der Waals surface area contributed by atoms with Crippen molar-refractivity contribution in [2.45, 2.75) is 6.42 Å². The Kier molecular flexibility index (Phi) is 5.63. The lowest BCUT2D eigenvalue weighted by molar-refractivity contribution is 0.133. The van der Waals surface area contributed by atoms with E-state index in [1.807, 2.05) is 24.3 Å². The van der Waals surface area contributed by atoms with Crippen molar-refractivity contribution in [3.05, 3.63) is 29.8 Å². The zero-order chi connectivity index (χ0) is 13.5. The van der Waals surface area contributed by atoms with Gasteiger partial charge in [-0.2, -0.15) is 0 Å². The summed E-state index contributed by atoms with van der Waals surface area (Å²) in [6.45, 7) is 6.50. The van der Waals surface area contributed by atoms with E-state index < -0.39 is 0 Å². The third kappa shape index (κ3) is 4.82. The molecule has 1 fully saturated rings. The SMILES string of the molecule is CN1CCN(CCOc2ccc(CCO)cc2)CC1. The minimum absolute atomic E-state index is 0.198. The predicted octanol–water partition coefficient (Wildman–Crippen LogP) is 0.848. The van der Waals surface area contributed by atoms with E-state index in [9.17, 15) is 0 Å². The molecule has 0 aliphatic carbocycles. The topological polar surface area (TPSA) is 35.9 Å². The summed E-state index contributed by atoms with van der Waals surface area (Å²) < 4.78 is 5.75. The van der Waals surface area contributed by atoms with Crippen LogP contribution in [0.2, 0.25) is 0 Å². The van der Waals surface area contributed by atoms with Gasteiger partial charge >= 0.3 is 0 Å². The van der Waals surface area contributed by atoms with E-state index in [4.69, 9.17) is 9.84 Å². The summed E-state index contributed by atoms with van der Waals surface area (Å²) >= 11 is 0. The van der Waals surface area contributed by atoms with Crippen molar-refractivity contribution < 1.29 is 9.84 Å². The van der Waals surface area contributed by atoms with Crippen molar-refractivity contribution in [1.82, 2.24) is 9.80 Å². The normalized spacial score (nSPS) is 17.6. The van der Waals surface area contributed by atoms with Gasteiger partial charge in [-0.3, -0.25) is 4.90 Å². The lowest BCUT2D eigenvalue weighted by atomic mass is 10.1. The molecule has 0 amide bonds. The Balaban J connectivity index is 1.67. The highest BCUT2D eigenvalue weighted by atomic mass is 16.5. The molecule has 1 aliphatic rings. The summed E-state index contributed by atoms with van der Waals surface area (Å²) in [6, 6.07) is 7.99. The highest BCUT2D eigenvalue weighted by molar-refractivity contribution is 5.27. The molecule has 0 radical (unpaired) electrons. The number of likely N-dealkylation sites (N-methyl/N-ethyl adjacent to an activating group) is 1. The first-order valence-corrected chi connectivity index (χ1v) is 7.01. The highest BCUT2D eigenvalue weighted by Crippen LogP contribution is 2.12. The molecule has 0 atom stereocenters. The Hall–Kier alpha value is -1.10. The highest BCUT2D eigenvalue weighted by Gasteiger charge is 2.12. The van der Waals surface area contributed by atoms with E-state index in [1.54, 1.807) is 0 Å². The summed E-state index contributed by atoms with van der Waals surface area (Å²) in [5.74, 6) is 0.913. The maximum absolute atomic E-state index is 8.85. The third-order valence-electron chi connectivity index (χ3n) is 3.60. The molecule has 4 nitrogen and oxygen atoms in total. The zero-order valence-electron chi connectivity index (χ0n) is 11.7. The number of aliphatic hydroxyl groups excluding tert-OH is 1. The quantitative estimate of drug-likeness (QED) is 0.826. The fourth-order valence-corrected chi connectivity index (χ4v) is 2.25. The van der Waals surface area contributed by atoms with Gasteiger partial charge in [-0.25, -0.2) is 0 Å². The van der Waals surface area contributed by atoms with E-state index in [0.717, 1.165) is 50.6 Å². The molecule has 19 heavy (non-hydrogen) atoms. The van der Waals surface area contributed by atoms with Crippen molar-refractivity contribution in [2.75, 3.05) is 53.0 Å². The van der Waals surface area contributed by atoms with Gasteiger partial charge in [-0.05, 0) is 31.2 Å². The Morgan fingerprint density at radius 3 is 2.42 bits per heavy atom. The number of nitrogens with zero attached hydrogens (tertiary/aromatic N) is 2. The molecule has 1 aromatic carbocycles. The molecule has 2 rings (SSSR count). The molecule has 106 valence electrons. The van der Waals surface area contributed by atoms with Crippen LogP contribution in [0, 0.1) is 0 Å². The van der Waals surface area contributed by atoms with Crippen LogP contribution < -0.4 is 4.74 Å². The van der Waals surface area contributed by atoms with Gasteiger partial charge in [0.15, 0.2) is 0 Å². The molecule has 0 aromatic heterocycles. The molecule has 4 heteroatoms. The van der Waals surface area contributed by atoms with Crippen LogP contribution in [0.25, 0.3) is 0 Å². The van der Waals surface area contributed by atoms with Crippen molar-refractivity contribution in [3.8, 4) is 5.75 Å². The second kappa shape index (κ2) is 7.48. The first-order chi connectivity index (χ1) is 9.28. The summed E-state index contributed by atoms with van der Waals surface area (Å²) in [4.78, 5) is 4.80. The fraction of sp³-hybridized carbons (Fsp3) is 0.600. The maximum atomic E-state index is 8.85. The molecule has 0 spiro atoms. The van der Waals surface area contributed by atoms with Gasteiger partial charge < -0.3 is 14.7 Å². The van der Waals surface area contributed by atoms with Crippen LogP contribution in [-0.4, -0.2) is 67.9 Å². The maximum Gasteiger partial charge on any atom is 0.119 e. The van der Waals surface area contributed by atoms with Gasteiger partial charge in [-0.1, -0.05) is 12.1 Å². The lowest BCUT2D eigenvalue weighted by Crippen LogP contribution is -2.45. The minimum Gasteiger partial charge on any atom is -0.492 e. The average Bonchev–Trinajstić information content (AvgIpc) is 2.43. The van der Waals surface area contributed by atoms with Crippen molar-refractivity contribution >= 4 is 0 Å². The van der Waals surface area contributed by atoms with E-state index in [2.05, 4.69) is 16.8 Å². The molecule has 0 saturated carbocycles. The van der Waals surface area contributed by atoms with E-state index in [-0.39, 0.29) is 6.61 Å². The van der Waals surface area contributed by atoms with Crippen LogP contribution in [0.3, 0.4) is 0 Å². The van der Waals surface area contributed by atoms with Crippen molar-refractivity contribution in [3.63, 3.8) is 0 Å². The summed E-state index contributed by atoms with van der Waals surface area (Å²) in [6.07, 6.45) is 0.710. The van der Waals surface area contributed by atoms with E-state index in [0.29, 0.717) is 6.42 Å². The molecular formula is C15H24N2O2. The lowest BCUT2D eigenvalue weighted by Gasteiger charge is -2.32. The standard InChI is InChI=1S/C15H24N2O2/c1-16-7-9-17(10-8-16)11-13-19-15-4-2-14(3-5-15)6-12-18/h2-5,18H,6-13H2,1H3. The van der Waals surface area contributed by atoms with Gasteiger partial charge in [0.1, 0.15) is 12.4 Å². The van der Waals surface area contributed by atoms with Gasteiger partial charge in [0, 0.05) is 39.3 Å². The van der Waals surface area contributed by atoms with Crippen LogP contribution in [0.4, 0.5) is 0 Å². The van der Waals surface area contributed by atoms with E-state index >= 15 is 0 Å². The average molecular weight is 264 g/mol. The van der Waals surface area contributed by atoms with Crippen LogP contribution >= 0.6 is 0 Å². The second-order valence-electron chi connectivity index (χ2n) is 5.11. The van der Waals surface area contributed by atoms with E-state index in [1.165, 1.54) is 0 Å². The van der Waals surface area contributed by atoms with Gasteiger partial charge in [0.25, 0.3) is 0 Å². The molecule has 1 heterocycles. The molecule has 1 saturated heterocycles. The number of benzene rings is 1. The first kappa shape index (κ1) is 14.3. The van der Waals surface area contributed by atoms with Crippen LogP contribution in [0.5, 0.6) is 5.75 Å². The second-order valence-corrected chi connectivity index (χ2v) is 5.11. The molecule has 1 aliphatic heterocycles. The fourth-order valence-electron chi connectivity index (χ4n) is 2.25. The third-order valence-corrected chi connectivity index (χ3v) is 3.60. The molecule has 1 N–H and O–H groups in total. The monoisotopic (exact) mass is 264 g/mol. The Bertz CT molecular complexity index is 359. The van der Waals surface area contributed by atoms with Crippen LogP contribution in [-0.2, 0) is 6.42 Å². The van der Waals surface area contributed by atoms with Crippen molar-refractivity contribution in [2.24, 2.45) is 0 Å². The Morgan fingerprint density at radius 2 is 1.79 bits per heavy atom. The minimum atomic E-state index is 0.198. The summed E-state index contributed by atoms with van der Waals surface area (Å²) in [7, 11) is 2.17. The molecule has 0 unspecified atom stereocenters. The largest absolute Gasteiger partial charge is 0.492 e. The number of hydrogen-bond acceptors (Lipinski definition) is 4. The predicted molar refractivity (Wildman–Crippen MR) is 76.7 cm³/mol.